The van der Waals surface area contributed by atoms with E-state index < -0.39 is 0 Å². The molecule has 2 rings (SSSR count). The molecule has 1 fully saturated rings. The quantitative estimate of drug-likeness (QED) is 0.724. The first-order valence-corrected chi connectivity index (χ1v) is 8.16. The van der Waals surface area contributed by atoms with Crippen molar-refractivity contribution >= 4 is 41.6 Å². The Bertz CT molecular complexity index is 496. The van der Waals surface area contributed by atoms with Crippen LogP contribution in [0.1, 0.15) is 36.5 Å². The summed E-state index contributed by atoms with van der Waals surface area (Å²) in [5, 5.41) is 0.839. The van der Waals surface area contributed by atoms with Crippen LogP contribution in [-0.4, -0.2) is 37.1 Å². The van der Waals surface area contributed by atoms with E-state index in [-0.39, 0.29) is 18.4 Å². The van der Waals surface area contributed by atoms with E-state index >= 15 is 0 Å². The van der Waals surface area contributed by atoms with Crippen LogP contribution < -0.4 is 0 Å². The number of ether oxygens (including phenoxy) is 1. The molecule has 1 aliphatic heterocycles. The molecule has 1 aliphatic rings. The fraction of sp³-hybridized carbons (Fsp3) is 0.562. The van der Waals surface area contributed by atoms with E-state index in [2.05, 4.69) is 11.8 Å². The average molecular weight is 367 g/mol. The van der Waals surface area contributed by atoms with Gasteiger partial charge >= 0.3 is 5.97 Å². The maximum absolute atomic E-state index is 12.0. The summed E-state index contributed by atoms with van der Waals surface area (Å²) in [5.41, 5.74) is 0.366. The van der Waals surface area contributed by atoms with Crippen molar-refractivity contribution in [3.63, 3.8) is 0 Å². The molecule has 1 atom stereocenters. The smallest absolute Gasteiger partial charge is 0.339 e. The highest BCUT2D eigenvalue weighted by molar-refractivity contribution is 6.36. The highest BCUT2D eigenvalue weighted by atomic mass is 35.5. The molecule has 6 heteroatoms. The molecule has 0 radical (unpaired) electrons. The van der Waals surface area contributed by atoms with E-state index in [0.717, 1.165) is 25.6 Å². The van der Waals surface area contributed by atoms with Crippen molar-refractivity contribution in [2.75, 3.05) is 26.2 Å². The largest absolute Gasteiger partial charge is 0.461 e. The van der Waals surface area contributed by atoms with E-state index in [9.17, 15) is 4.79 Å². The molecular weight excluding hydrogens is 345 g/mol. The Kier molecular flexibility index (Phi) is 8.55. The van der Waals surface area contributed by atoms with Crippen LogP contribution in [0.15, 0.2) is 18.2 Å². The second-order valence-electron chi connectivity index (χ2n) is 5.64. The summed E-state index contributed by atoms with van der Waals surface area (Å²) in [6.45, 7) is 5.64. The number of nitrogens with zero attached hydrogens (tertiary/aromatic N) is 1. The Hall–Kier alpha value is -0.480. The molecule has 0 bridgehead atoms. The van der Waals surface area contributed by atoms with E-state index in [0.29, 0.717) is 22.2 Å². The third-order valence-corrected chi connectivity index (χ3v) is 4.45. The molecule has 1 unspecified atom stereocenters. The lowest BCUT2D eigenvalue weighted by molar-refractivity contribution is 0.0463. The molecule has 0 spiro atoms. The molecule has 124 valence electrons. The number of halogens is 3. The molecule has 22 heavy (non-hydrogen) atoms. The summed E-state index contributed by atoms with van der Waals surface area (Å²) in [4.78, 5) is 14.3. The number of esters is 1. The van der Waals surface area contributed by atoms with E-state index in [1.165, 1.54) is 19.3 Å². The van der Waals surface area contributed by atoms with Gasteiger partial charge in [0.2, 0.25) is 0 Å². The summed E-state index contributed by atoms with van der Waals surface area (Å²) in [6, 6.07) is 4.79. The van der Waals surface area contributed by atoms with Gasteiger partial charge in [-0.15, -0.1) is 12.4 Å². The SMILES string of the molecule is CC1CCCN(CCOC(=O)c2ccc(Cl)cc2Cl)CC1.Cl. The predicted molar refractivity (Wildman–Crippen MR) is 93.4 cm³/mol. The lowest BCUT2D eigenvalue weighted by Crippen LogP contribution is -2.29. The molecule has 0 aliphatic carbocycles. The third kappa shape index (κ3) is 5.96. The van der Waals surface area contributed by atoms with Crippen molar-refractivity contribution in [2.24, 2.45) is 5.92 Å². The summed E-state index contributed by atoms with van der Waals surface area (Å²) in [6.07, 6.45) is 3.73. The molecule has 0 amide bonds. The van der Waals surface area contributed by atoms with Crippen molar-refractivity contribution < 1.29 is 9.53 Å². The Morgan fingerprint density at radius 1 is 1.32 bits per heavy atom. The van der Waals surface area contributed by atoms with Gasteiger partial charge in [0.05, 0.1) is 10.6 Å². The maximum Gasteiger partial charge on any atom is 0.339 e. The second-order valence-corrected chi connectivity index (χ2v) is 6.48. The van der Waals surface area contributed by atoms with E-state index in [1.807, 2.05) is 0 Å². The molecule has 0 saturated carbocycles. The summed E-state index contributed by atoms with van der Waals surface area (Å²) in [7, 11) is 0. The van der Waals surface area contributed by atoms with Gasteiger partial charge in [-0.25, -0.2) is 4.79 Å². The molecular formula is C16H22Cl3NO2. The molecule has 0 aromatic heterocycles. The number of hydrogen-bond acceptors (Lipinski definition) is 3. The lowest BCUT2D eigenvalue weighted by Gasteiger charge is -2.19. The first-order valence-electron chi connectivity index (χ1n) is 7.41. The van der Waals surface area contributed by atoms with E-state index in [4.69, 9.17) is 27.9 Å². The van der Waals surface area contributed by atoms with Gasteiger partial charge in [0.1, 0.15) is 6.61 Å². The lowest BCUT2D eigenvalue weighted by atomic mass is 10.0. The number of carbonyl (C=O) groups is 1. The Labute approximate surface area is 148 Å². The first kappa shape index (κ1) is 19.6. The minimum Gasteiger partial charge on any atom is -0.461 e. The zero-order valence-corrected chi connectivity index (χ0v) is 15.0. The molecule has 1 heterocycles. The monoisotopic (exact) mass is 365 g/mol. The number of rotatable bonds is 4. The molecule has 1 aromatic carbocycles. The van der Waals surface area contributed by atoms with Crippen LogP contribution in [0.25, 0.3) is 0 Å². The highest BCUT2D eigenvalue weighted by Gasteiger charge is 2.15. The van der Waals surface area contributed by atoms with Gasteiger partial charge < -0.3 is 4.74 Å². The summed E-state index contributed by atoms with van der Waals surface area (Å²) in [5.74, 6) is 0.408. The maximum atomic E-state index is 12.0. The first-order chi connectivity index (χ1) is 10.1. The third-order valence-electron chi connectivity index (χ3n) is 3.90. The zero-order valence-electron chi connectivity index (χ0n) is 12.7. The zero-order chi connectivity index (χ0) is 15.2. The van der Waals surface area contributed by atoms with Crippen molar-refractivity contribution in [2.45, 2.75) is 26.2 Å². The van der Waals surface area contributed by atoms with Crippen LogP contribution in [0.2, 0.25) is 10.0 Å². The minimum absolute atomic E-state index is 0. The van der Waals surface area contributed by atoms with Gasteiger partial charge in [0.25, 0.3) is 0 Å². The predicted octanol–water partition coefficient (Wildman–Crippen LogP) is 4.69. The van der Waals surface area contributed by atoms with Gasteiger partial charge in [0.15, 0.2) is 0 Å². The number of carbonyl (C=O) groups excluding carboxylic acids is 1. The van der Waals surface area contributed by atoms with E-state index in [1.54, 1.807) is 18.2 Å². The molecule has 3 nitrogen and oxygen atoms in total. The summed E-state index contributed by atoms with van der Waals surface area (Å²) < 4.78 is 5.31. The highest BCUT2D eigenvalue weighted by Crippen LogP contribution is 2.21. The fourth-order valence-corrected chi connectivity index (χ4v) is 3.03. The molecule has 1 aromatic rings. The second kappa shape index (κ2) is 9.61. The van der Waals surface area contributed by atoms with Crippen molar-refractivity contribution in [3.8, 4) is 0 Å². The van der Waals surface area contributed by atoms with Gasteiger partial charge in [-0.2, -0.15) is 0 Å². The van der Waals surface area contributed by atoms with Gasteiger partial charge in [-0.05, 0) is 56.5 Å². The molecule has 0 N–H and O–H groups in total. The van der Waals surface area contributed by atoms with Crippen LogP contribution >= 0.6 is 35.6 Å². The number of benzene rings is 1. The van der Waals surface area contributed by atoms with Crippen molar-refractivity contribution in [1.29, 1.82) is 0 Å². The van der Waals surface area contributed by atoms with Crippen LogP contribution in [0, 0.1) is 5.92 Å². The van der Waals surface area contributed by atoms with Crippen molar-refractivity contribution in [3.05, 3.63) is 33.8 Å². The van der Waals surface area contributed by atoms with Crippen LogP contribution in [-0.2, 0) is 4.74 Å². The molecule has 1 saturated heterocycles. The number of likely N-dealkylation sites (tertiary alicyclic amines) is 1. The Morgan fingerprint density at radius 2 is 2.09 bits per heavy atom. The van der Waals surface area contributed by atoms with Gasteiger partial charge in [-0.3, -0.25) is 4.90 Å². The van der Waals surface area contributed by atoms with Crippen LogP contribution in [0.5, 0.6) is 0 Å². The van der Waals surface area contributed by atoms with Crippen LogP contribution in [0.3, 0.4) is 0 Å². The summed E-state index contributed by atoms with van der Waals surface area (Å²) >= 11 is 11.8. The minimum atomic E-state index is -0.389. The normalized spacial score (nSPS) is 19.1. The topological polar surface area (TPSA) is 29.5 Å². The van der Waals surface area contributed by atoms with Crippen LogP contribution in [0.4, 0.5) is 0 Å². The standard InChI is InChI=1S/C16H21Cl2NO2.ClH/c1-12-3-2-7-19(8-6-12)9-10-21-16(20)14-5-4-13(17)11-15(14)18;/h4-5,11-12H,2-3,6-10H2,1H3;1H. The number of hydrogen-bond donors (Lipinski definition) is 0. The fourth-order valence-electron chi connectivity index (χ4n) is 2.55. The van der Waals surface area contributed by atoms with Gasteiger partial charge in [0, 0.05) is 11.6 Å². The Morgan fingerprint density at radius 3 is 2.82 bits per heavy atom. The van der Waals surface area contributed by atoms with Gasteiger partial charge in [-0.1, -0.05) is 30.1 Å². The van der Waals surface area contributed by atoms with Crippen molar-refractivity contribution in [1.82, 2.24) is 4.90 Å². The Balaban J connectivity index is 0.00000242. The average Bonchev–Trinajstić information content (AvgIpc) is 2.63.